The van der Waals surface area contributed by atoms with Crippen LogP contribution in [0.1, 0.15) is 0 Å². The molecule has 0 aliphatic heterocycles. The lowest BCUT2D eigenvalue weighted by molar-refractivity contribution is 0.601. The van der Waals surface area contributed by atoms with Crippen LogP contribution in [0.25, 0.3) is 0 Å². The Morgan fingerprint density at radius 3 is 2.58 bits per heavy atom. The van der Waals surface area contributed by atoms with Gasteiger partial charge in [-0.05, 0) is 30.3 Å². The molecule has 0 fully saturated rings. The summed E-state index contributed by atoms with van der Waals surface area (Å²) in [6, 6.07) is 8.78. The van der Waals surface area contributed by atoms with Gasteiger partial charge < -0.3 is 5.73 Å². The maximum Gasteiger partial charge on any atom is 0.265 e. The summed E-state index contributed by atoms with van der Waals surface area (Å²) in [6.07, 6.45) is 0. The number of nitrogens with one attached hydrogen (secondary N) is 1. The monoisotopic (exact) mass is 317 g/mol. The molecule has 0 spiro atoms. The summed E-state index contributed by atoms with van der Waals surface area (Å²) in [7, 11) is -3.86. The average Bonchev–Trinajstić information content (AvgIpc) is 2.31. The zero-order chi connectivity index (χ0) is 14.0. The molecule has 3 N–H and O–H groups in total. The Balaban J connectivity index is 2.40. The number of pyridine rings is 1. The molecule has 1 aromatic carbocycles. The Kier molecular flexibility index (Phi) is 3.84. The van der Waals surface area contributed by atoms with Gasteiger partial charge in [-0.1, -0.05) is 29.3 Å². The van der Waals surface area contributed by atoms with Crippen molar-refractivity contribution in [3.63, 3.8) is 0 Å². The van der Waals surface area contributed by atoms with E-state index in [2.05, 4.69) is 9.71 Å². The van der Waals surface area contributed by atoms with E-state index in [0.29, 0.717) is 0 Å². The molecular weight excluding hydrogens is 309 g/mol. The number of nitrogen functional groups attached to an aromatic ring is 1. The molecular formula is C11H9Cl2N3O2S. The van der Waals surface area contributed by atoms with Crippen molar-refractivity contribution in [3.8, 4) is 0 Å². The van der Waals surface area contributed by atoms with Gasteiger partial charge >= 0.3 is 0 Å². The van der Waals surface area contributed by atoms with Crippen molar-refractivity contribution in [1.29, 1.82) is 0 Å². The van der Waals surface area contributed by atoms with Gasteiger partial charge in [-0.3, -0.25) is 4.72 Å². The van der Waals surface area contributed by atoms with Crippen LogP contribution < -0.4 is 10.5 Å². The lowest BCUT2D eigenvalue weighted by atomic mass is 10.3. The third-order valence-electron chi connectivity index (χ3n) is 2.22. The smallest absolute Gasteiger partial charge is 0.265 e. The first-order valence-electron chi connectivity index (χ1n) is 5.09. The number of nitrogens with two attached hydrogens (primary N) is 1. The molecule has 1 heterocycles. The van der Waals surface area contributed by atoms with E-state index in [9.17, 15) is 8.42 Å². The summed E-state index contributed by atoms with van der Waals surface area (Å²) < 4.78 is 26.6. The van der Waals surface area contributed by atoms with Gasteiger partial charge in [0, 0.05) is 5.02 Å². The van der Waals surface area contributed by atoms with Crippen LogP contribution in [0.2, 0.25) is 10.2 Å². The zero-order valence-electron chi connectivity index (χ0n) is 9.47. The molecule has 0 saturated carbocycles. The third kappa shape index (κ3) is 3.28. The van der Waals surface area contributed by atoms with E-state index in [0.717, 1.165) is 0 Å². The minimum atomic E-state index is -3.86. The van der Waals surface area contributed by atoms with Crippen molar-refractivity contribution in [3.05, 3.63) is 46.6 Å². The van der Waals surface area contributed by atoms with Crippen molar-refractivity contribution >= 4 is 44.7 Å². The number of rotatable bonds is 3. The quantitative estimate of drug-likeness (QED) is 0.673. The van der Waals surface area contributed by atoms with E-state index in [1.54, 1.807) is 6.07 Å². The Morgan fingerprint density at radius 1 is 1.16 bits per heavy atom. The second-order valence-electron chi connectivity index (χ2n) is 3.63. The zero-order valence-corrected chi connectivity index (χ0v) is 11.8. The van der Waals surface area contributed by atoms with Crippen molar-refractivity contribution in [2.75, 3.05) is 10.5 Å². The van der Waals surface area contributed by atoms with Crippen LogP contribution in [-0.4, -0.2) is 13.4 Å². The first kappa shape index (κ1) is 13.9. The molecule has 8 heteroatoms. The van der Waals surface area contributed by atoms with E-state index in [1.165, 1.54) is 30.3 Å². The first-order chi connectivity index (χ1) is 8.88. The highest BCUT2D eigenvalue weighted by molar-refractivity contribution is 7.92. The first-order valence-corrected chi connectivity index (χ1v) is 7.33. The van der Waals surface area contributed by atoms with E-state index in [4.69, 9.17) is 28.9 Å². The number of sulfonamides is 1. The molecule has 0 amide bonds. The molecule has 100 valence electrons. The molecule has 0 atom stereocenters. The van der Waals surface area contributed by atoms with Gasteiger partial charge in [-0.2, -0.15) is 0 Å². The number of aromatic nitrogens is 1. The topological polar surface area (TPSA) is 85.1 Å². The Bertz CT molecular complexity index is 720. The summed E-state index contributed by atoms with van der Waals surface area (Å²) in [5.74, 6) is 0.104. The highest BCUT2D eigenvalue weighted by Crippen LogP contribution is 2.24. The van der Waals surface area contributed by atoms with E-state index < -0.39 is 10.0 Å². The second kappa shape index (κ2) is 5.24. The predicted molar refractivity (Wildman–Crippen MR) is 75.9 cm³/mol. The number of benzene rings is 1. The number of nitrogens with zero attached hydrogens (tertiary/aromatic N) is 1. The van der Waals surface area contributed by atoms with E-state index in [-0.39, 0.29) is 26.6 Å². The maximum atomic E-state index is 12.2. The van der Waals surface area contributed by atoms with Crippen LogP contribution in [0.4, 0.5) is 11.5 Å². The summed E-state index contributed by atoms with van der Waals surface area (Å²) >= 11 is 11.5. The van der Waals surface area contributed by atoms with Gasteiger partial charge in [0.1, 0.15) is 15.9 Å². The minimum Gasteiger partial charge on any atom is -0.398 e. The van der Waals surface area contributed by atoms with E-state index in [1.807, 2.05) is 0 Å². The van der Waals surface area contributed by atoms with Gasteiger partial charge in [-0.15, -0.1) is 0 Å². The van der Waals surface area contributed by atoms with Crippen molar-refractivity contribution in [1.82, 2.24) is 4.98 Å². The molecule has 0 unspecified atom stereocenters. The summed E-state index contributed by atoms with van der Waals surface area (Å²) in [4.78, 5) is 3.73. The molecule has 0 radical (unpaired) electrons. The van der Waals surface area contributed by atoms with Crippen LogP contribution in [-0.2, 0) is 10.0 Å². The van der Waals surface area contributed by atoms with Crippen LogP contribution in [0.15, 0.2) is 41.3 Å². The summed E-state index contributed by atoms with van der Waals surface area (Å²) in [6.45, 7) is 0. The van der Waals surface area contributed by atoms with E-state index >= 15 is 0 Å². The highest BCUT2D eigenvalue weighted by atomic mass is 35.5. The summed E-state index contributed by atoms with van der Waals surface area (Å²) in [5.41, 5.74) is 5.73. The Labute approximate surface area is 120 Å². The fourth-order valence-electron chi connectivity index (χ4n) is 1.40. The van der Waals surface area contributed by atoms with Crippen molar-refractivity contribution < 1.29 is 8.42 Å². The normalized spacial score (nSPS) is 11.3. The Morgan fingerprint density at radius 2 is 1.89 bits per heavy atom. The number of halogens is 2. The molecule has 2 rings (SSSR count). The largest absolute Gasteiger partial charge is 0.398 e. The average molecular weight is 318 g/mol. The molecule has 2 aromatic rings. The molecule has 0 aliphatic carbocycles. The number of hydrogen-bond acceptors (Lipinski definition) is 4. The van der Waals surface area contributed by atoms with Gasteiger partial charge in [0.05, 0.1) is 5.69 Å². The highest BCUT2D eigenvalue weighted by Gasteiger charge is 2.18. The number of anilines is 2. The third-order valence-corrected chi connectivity index (χ3v) is 4.08. The molecule has 0 bridgehead atoms. The maximum absolute atomic E-state index is 12.2. The Hall–Kier alpha value is -1.50. The van der Waals surface area contributed by atoms with Crippen molar-refractivity contribution in [2.24, 2.45) is 0 Å². The molecule has 5 nitrogen and oxygen atoms in total. The lowest BCUT2D eigenvalue weighted by Crippen LogP contribution is -2.15. The lowest BCUT2D eigenvalue weighted by Gasteiger charge is -2.09. The van der Waals surface area contributed by atoms with Gasteiger partial charge in [0.2, 0.25) is 0 Å². The standard InChI is InChI=1S/C11H9Cl2N3O2S/c12-7-4-5-8(14)9(6-7)19(17,18)16-11-3-1-2-10(13)15-11/h1-6H,14H2,(H,15,16). The van der Waals surface area contributed by atoms with Crippen LogP contribution in [0, 0.1) is 0 Å². The molecule has 1 aromatic heterocycles. The van der Waals surface area contributed by atoms with Gasteiger partial charge in [0.25, 0.3) is 10.0 Å². The SMILES string of the molecule is Nc1ccc(Cl)cc1S(=O)(=O)Nc1cccc(Cl)n1. The second-order valence-corrected chi connectivity index (χ2v) is 6.11. The fourth-order valence-corrected chi connectivity index (χ4v) is 2.96. The molecule has 0 saturated heterocycles. The minimum absolute atomic E-state index is 0.0962. The van der Waals surface area contributed by atoms with Crippen LogP contribution in [0.3, 0.4) is 0 Å². The van der Waals surface area contributed by atoms with Crippen LogP contribution >= 0.6 is 23.2 Å². The number of hydrogen-bond donors (Lipinski definition) is 2. The van der Waals surface area contributed by atoms with Gasteiger partial charge in [-0.25, -0.2) is 13.4 Å². The van der Waals surface area contributed by atoms with Crippen molar-refractivity contribution in [2.45, 2.75) is 4.90 Å². The summed E-state index contributed by atoms with van der Waals surface area (Å²) in [5, 5.41) is 0.452. The predicted octanol–water partition coefficient (Wildman–Crippen LogP) is 2.77. The molecule has 0 aliphatic rings. The fraction of sp³-hybridized carbons (Fsp3) is 0. The van der Waals surface area contributed by atoms with Gasteiger partial charge in [0.15, 0.2) is 0 Å². The molecule has 19 heavy (non-hydrogen) atoms. The van der Waals surface area contributed by atoms with Crippen LogP contribution in [0.5, 0.6) is 0 Å².